The van der Waals surface area contributed by atoms with E-state index in [0.29, 0.717) is 29.0 Å². The molecule has 0 aromatic heterocycles. The molecule has 1 aliphatic heterocycles. The Hall–Kier alpha value is -2.51. The fourth-order valence-electron chi connectivity index (χ4n) is 2.82. The maximum Gasteiger partial charge on any atom is 0.234 e. The number of halogens is 1. The molecule has 8 heteroatoms. The van der Waals surface area contributed by atoms with Crippen LogP contribution in [0, 0.1) is 0 Å². The van der Waals surface area contributed by atoms with E-state index in [0.717, 1.165) is 11.3 Å². The minimum atomic E-state index is -0.499. The van der Waals surface area contributed by atoms with Crippen LogP contribution in [0.4, 0.5) is 5.69 Å². The van der Waals surface area contributed by atoms with Crippen molar-refractivity contribution >= 4 is 46.0 Å². The number of nitrogens with one attached hydrogen (secondary N) is 1. The summed E-state index contributed by atoms with van der Waals surface area (Å²) in [5.74, 6) is 0.460. The maximum absolute atomic E-state index is 12.9. The summed E-state index contributed by atoms with van der Waals surface area (Å²) in [6, 6.07) is 14.6. The number of methoxy groups -OCH3 is 1. The molecule has 152 valence electrons. The summed E-state index contributed by atoms with van der Waals surface area (Å²) in [5, 5.41) is 3.39. The number of hydrogen-bond acceptors (Lipinski definition) is 5. The fourth-order valence-corrected chi connectivity index (χ4v) is 4.07. The second-order valence-electron chi connectivity index (χ2n) is 6.40. The van der Waals surface area contributed by atoms with Crippen LogP contribution in [0.25, 0.3) is 0 Å². The van der Waals surface area contributed by atoms with Crippen molar-refractivity contribution in [2.75, 3.05) is 13.7 Å². The highest BCUT2D eigenvalue weighted by Crippen LogP contribution is 2.31. The Balaban J connectivity index is 1.89. The monoisotopic (exact) mass is 431 g/mol. The average molecular weight is 432 g/mol. The molecule has 2 amide bonds. The topological polar surface area (TPSA) is 71.0 Å². The second kappa shape index (κ2) is 9.80. The van der Waals surface area contributed by atoms with Gasteiger partial charge in [-0.1, -0.05) is 35.5 Å². The molecular weight excluding hydrogens is 410 g/mol. The van der Waals surface area contributed by atoms with Gasteiger partial charge in [0.25, 0.3) is 0 Å². The van der Waals surface area contributed by atoms with E-state index in [4.69, 9.17) is 16.3 Å². The van der Waals surface area contributed by atoms with E-state index in [1.54, 1.807) is 36.3 Å². The zero-order valence-electron chi connectivity index (χ0n) is 16.2. The molecule has 0 saturated carbocycles. The smallest absolute Gasteiger partial charge is 0.234 e. The molecule has 3 rings (SSSR count). The summed E-state index contributed by atoms with van der Waals surface area (Å²) in [5.41, 5.74) is 1.61. The van der Waals surface area contributed by atoms with Crippen LogP contribution in [0.15, 0.2) is 53.5 Å². The summed E-state index contributed by atoms with van der Waals surface area (Å²) in [7, 11) is 1.61. The second-order valence-corrected chi connectivity index (χ2v) is 8.01. The van der Waals surface area contributed by atoms with Crippen LogP contribution >= 0.6 is 23.4 Å². The van der Waals surface area contributed by atoms with Crippen LogP contribution in [0.2, 0.25) is 5.02 Å². The van der Waals surface area contributed by atoms with E-state index in [1.165, 1.54) is 11.8 Å². The fraction of sp³-hybridized carbons (Fsp3) is 0.286. The number of benzene rings is 2. The van der Waals surface area contributed by atoms with E-state index < -0.39 is 5.25 Å². The Kier molecular flexibility index (Phi) is 7.17. The van der Waals surface area contributed by atoms with Crippen LogP contribution in [0.1, 0.15) is 18.9 Å². The van der Waals surface area contributed by atoms with Gasteiger partial charge in [-0.2, -0.15) is 0 Å². The molecule has 29 heavy (non-hydrogen) atoms. The number of carbonyl (C=O) groups is 2. The van der Waals surface area contributed by atoms with Gasteiger partial charge in [0.15, 0.2) is 5.17 Å². The summed E-state index contributed by atoms with van der Waals surface area (Å²) in [4.78, 5) is 31.5. The van der Waals surface area contributed by atoms with Crippen LogP contribution in [-0.4, -0.2) is 40.8 Å². The quantitative estimate of drug-likeness (QED) is 0.750. The third-order valence-corrected chi connectivity index (χ3v) is 5.77. The van der Waals surface area contributed by atoms with Crippen molar-refractivity contribution < 1.29 is 14.3 Å². The lowest BCUT2D eigenvalue weighted by Crippen LogP contribution is -2.46. The number of ether oxygens (including phenoxy) is 1. The Morgan fingerprint density at radius 1 is 1.24 bits per heavy atom. The lowest BCUT2D eigenvalue weighted by atomic mass is 10.2. The van der Waals surface area contributed by atoms with E-state index in [9.17, 15) is 9.59 Å². The van der Waals surface area contributed by atoms with Crippen molar-refractivity contribution in [3.05, 3.63) is 59.1 Å². The summed E-state index contributed by atoms with van der Waals surface area (Å²) >= 11 is 7.26. The number of amides is 2. The van der Waals surface area contributed by atoms with E-state index in [-0.39, 0.29) is 18.2 Å². The van der Waals surface area contributed by atoms with Crippen LogP contribution in [0.3, 0.4) is 0 Å². The molecule has 1 unspecified atom stereocenters. The van der Waals surface area contributed by atoms with Crippen molar-refractivity contribution in [1.29, 1.82) is 0 Å². The Labute approximate surface area is 179 Å². The molecule has 6 nitrogen and oxygen atoms in total. The highest BCUT2D eigenvalue weighted by Gasteiger charge is 2.35. The van der Waals surface area contributed by atoms with Gasteiger partial charge in [-0.15, -0.1) is 0 Å². The van der Waals surface area contributed by atoms with E-state index in [2.05, 4.69) is 10.3 Å². The minimum Gasteiger partial charge on any atom is -0.497 e. The number of rotatable bonds is 6. The molecule has 1 fully saturated rings. The van der Waals surface area contributed by atoms with Gasteiger partial charge < -0.3 is 10.1 Å². The lowest BCUT2D eigenvalue weighted by Gasteiger charge is -2.31. The number of carbonyl (C=O) groups excluding carboxylic acids is 2. The zero-order chi connectivity index (χ0) is 20.8. The van der Waals surface area contributed by atoms with Gasteiger partial charge in [0.2, 0.25) is 11.8 Å². The lowest BCUT2D eigenvalue weighted by molar-refractivity contribution is -0.130. The number of nitrogens with zero attached hydrogens (tertiary/aromatic N) is 2. The molecule has 1 atom stereocenters. The van der Waals surface area contributed by atoms with E-state index >= 15 is 0 Å². The van der Waals surface area contributed by atoms with Crippen LogP contribution in [0.5, 0.6) is 5.75 Å². The highest BCUT2D eigenvalue weighted by atomic mass is 35.5. The van der Waals surface area contributed by atoms with Crippen molar-refractivity contribution in [1.82, 2.24) is 10.2 Å². The van der Waals surface area contributed by atoms with Crippen molar-refractivity contribution in [3.8, 4) is 5.75 Å². The van der Waals surface area contributed by atoms with Crippen LogP contribution < -0.4 is 10.1 Å². The van der Waals surface area contributed by atoms with Gasteiger partial charge in [-0.25, -0.2) is 4.99 Å². The first-order valence-corrected chi connectivity index (χ1v) is 10.5. The van der Waals surface area contributed by atoms with Gasteiger partial charge in [-0.3, -0.25) is 14.5 Å². The van der Waals surface area contributed by atoms with Crippen LogP contribution in [-0.2, 0) is 16.1 Å². The van der Waals surface area contributed by atoms with Gasteiger partial charge in [-0.05, 0) is 48.9 Å². The molecule has 1 N–H and O–H groups in total. The normalized spacial score (nSPS) is 18.0. The average Bonchev–Trinajstić information content (AvgIpc) is 2.72. The number of amidine groups is 1. The molecular formula is C21H22ClN3O3S. The third kappa shape index (κ3) is 5.52. The van der Waals surface area contributed by atoms with Gasteiger partial charge in [0.1, 0.15) is 5.75 Å². The van der Waals surface area contributed by atoms with Crippen molar-refractivity contribution in [3.63, 3.8) is 0 Å². The number of hydrogen-bond donors (Lipinski definition) is 1. The predicted octanol–water partition coefficient (Wildman–Crippen LogP) is 4.01. The standard InChI is InChI=1S/C21H22ClN3O3S/c1-3-23-20(27)18-12-19(26)25(13-14-4-10-17(28-2)11-5-14)21(29-18)24-16-8-6-15(22)7-9-16/h4-11,18H,3,12-13H2,1-2H3,(H,23,27). The Morgan fingerprint density at radius 2 is 1.93 bits per heavy atom. The Bertz CT molecular complexity index is 900. The minimum absolute atomic E-state index is 0.131. The first-order chi connectivity index (χ1) is 14.0. The molecule has 0 spiro atoms. The summed E-state index contributed by atoms with van der Waals surface area (Å²) < 4.78 is 5.19. The molecule has 1 saturated heterocycles. The largest absolute Gasteiger partial charge is 0.497 e. The van der Waals surface area contributed by atoms with Crippen molar-refractivity contribution in [2.24, 2.45) is 4.99 Å². The molecule has 2 aromatic carbocycles. The SMILES string of the molecule is CCNC(=O)C1CC(=O)N(Cc2ccc(OC)cc2)C(=Nc2ccc(Cl)cc2)S1. The van der Waals surface area contributed by atoms with Gasteiger partial charge >= 0.3 is 0 Å². The third-order valence-electron chi connectivity index (χ3n) is 4.33. The highest BCUT2D eigenvalue weighted by molar-refractivity contribution is 8.15. The van der Waals surface area contributed by atoms with Gasteiger partial charge in [0, 0.05) is 18.0 Å². The molecule has 2 aromatic rings. The van der Waals surface area contributed by atoms with Gasteiger partial charge in [0.05, 0.1) is 24.6 Å². The zero-order valence-corrected chi connectivity index (χ0v) is 17.8. The predicted molar refractivity (Wildman–Crippen MR) is 117 cm³/mol. The molecule has 1 heterocycles. The van der Waals surface area contributed by atoms with Crippen molar-refractivity contribution in [2.45, 2.75) is 25.1 Å². The molecule has 0 bridgehead atoms. The summed E-state index contributed by atoms with van der Waals surface area (Å²) in [6.45, 7) is 2.74. The molecule has 0 radical (unpaired) electrons. The first kappa shape index (κ1) is 21.2. The molecule has 1 aliphatic rings. The number of thioether (sulfide) groups is 1. The van der Waals surface area contributed by atoms with E-state index in [1.807, 2.05) is 31.2 Å². The molecule has 0 aliphatic carbocycles. The Morgan fingerprint density at radius 3 is 2.55 bits per heavy atom. The first-order valence-electron chi connectivity index (χ1n) is 9.22. The summed E-state index contributed by atoms with van der Waals surface area (Å²) in [6.07, 6.45) is 0.131. The number of aliphatic imine (C=N–C) groups is 1. The maximum atomic E-state index is 12.9.